The van der Waals surface area contributed by atoms with Crippen LogP contribution in [0, 0.1) is 13.8 Å². The fourth-order valence-electron chi connectivity index (χ4n) is 4.09. The van der Waals surface area contributed by atoms with Crippen molar-refractivity contribution in [3.63, 3.8) is 0 Å². The number of rotatable bonds is 6. The Labute approximate surface area is 191 Å². The summed E-state index contributed by atoms with van der Waals surface area (Å²) in [5.74, 6) is -1.26. The summed E-state index contributed by atoms with van der Waals surface area (Å²) in [6, 6.07) is 14.2. The molecule has 0 saturated carbocycles. The van der Waals surface area contributed by atoms with E-state index in [-0.39, 0.29) is 6.04 Å². The van der Waals surface area contributed by atoms with Gasteiger partial charge in [0.1, 0.15) is 0 Å². The summed E-state index contributed by atoms with van der Waals surface area (Å²) in [6.07, 6.45) is 0. The SMILES string of the molecule is Cc1cc(C)cc(NC(=O)C(=O)NC[C@H](c2ccc(N(C)C)cc2)N2CCN(C)CC2)c1. The number of hydrogen-bond acceptors (Lipinski definition) is 5. The lowest BCUT2D eigenvalue weighted by Gasteiger charge is -2.38. The largest absolute Gasteiger partial charge is 0.378 e. The van der Waals surface area contributed by atoms with Crippen molar-refractivity contribution in [2.45, 2.75) is 19.9 Å². The molecule has 0 bridgehead atoms. The first kappa shape index (κ1) is 23.8. The number of piperazine rings is 1. The van der Waals surface area contributed by atoms with E-state index < -0.39 is 11.8 Å². The minimum absolute atomic E-state index is 0.0119. The van der Waals surface area contributed by atoms with Crippen molar-refractivity contribution in [1.29, 1.82) is 0 Å². The summed E-state index contributed by atoms with van der Waals surface area (Å²) in [7, 11) is 6.15. The summed E-state index contributed by atoms with van der Waals surface area (Å²) < 4.78 is 0. The third kappa shape index (κ3) is 6.31. The third-order valence-corrected chi connectivity index (χ3v) is 5.91. The standard InChI is InChI=1S/C25H35N5O2/c1-18-14-19(2)16-21(15-18)27-25(32)24(31)26-17-23(30-12-10-29(5)11-13-30)20-6-8-22(9-7-20)28(3)4/h6-9,14-16,23H,10-13,17H2,1-5H3,(H,26,31)(H,27,32)/t23-/m1/s1. The number of carbonyl (C=O) groups excluding carboxylic acids is 2. The van der Waals surface area contributed by atoms with Gasteiger partial charge >= 0.3 is 11.8 Å². The predicted molar refractivity (Wildman–Crippen MR) is 130 cm³/mol. The van der Waals surface area contributed by atoms with Crippen molar-refractivity contribution < 1.29 is 9.59 Å². The van der Waals surface area contributed by atoms with E-state index >= 15 is 0 Å². The molecule has 0 aromatic heterocycles. The van der Waals surface area contributed by atoms with Crippen LogP contribution in [0.1, 0.15) is 22.7 Å². The Morgan fingerprint density at radius 2 is 1.53 bits per heavy atom. The van der Waals surface area contributed by atoms with Crippen LogP contribution in [0.5, 0.6) is 0 Å². The van der Waals surface area contributed by atoms with Crippen LogP contribution >= 0.6 is 0 Å². The molecule has 2 N–H and O–H groups in total. The molecule has 0 radical (unpaired) electrons. The number of nitrogens with one attached hydrogen (secondary N) is 2. The molecule has 2 aromatic carbocycles. The van der Waals surface area contributed by atoms with Crippen molar-refractivity contribution in [2.75, 3.05) is 64.1 Å². The lowest BCUT2D eigenvalue weighted by Crippen LogP contribution is -2.49. The van der Waals surface area contributed by atoms with E-state index in [4.69, 9.17) is 0 Å². The minimum atomic E-state index is -0.643. The molecule has 3 rings (SSSR count). The van der Waals surface area contributed by atoms with E-state index in [1.54, 1.807) is 0 Å². The van der Waals surface area contributed by atoms with Gasteiger partial charge in [-0.2, -0.15) is 0 Å². The smallest absolute Gasteiger partial charge is 0.313 e. The number of hydrogen-bond donors (Lipinski definition) is 2. The molecule has 7 nitrogen and oxygen atoms in total. The summed E-state index contributed by atoms with van der Waals surface area (Å²) in [5.41, 5.74) is 4.98. The maximum absolute atomic E-state index is 12.6. The first-order valence-electron chi connectivity index (χ1n) is 11.1. The fourth-order valence-corrected chi connectivity index (χ4v) is 4.09. The topological polar surface area (TPSA) is 67.9 Å². The van der Waals surface area contributed by atoms with Gasteiger partial charge in [0.15, 0.2) is 0 Å². The monoisotopic (exact) mass is 437 g/mol. The third-order valence-electron chi connectivity index (χ3n) is 5.91. The van der Waals surface area contributed by atoms with Crippen molar-refractivity contribution in [1.82, 2.24) is 15.1 Å². The predicted octanol–water partition coefficient (Wildman–Crippen LogP) is 2.41. The summed E-state index contributed by atoms with van der Waals surface area (Å²) in [4.78, 5) is 31.8. The molecule has 1 saturated heterocycles. The Bertz CT molecular complexity index is 914. The average Bonchev–Trinajstić information content (AvgIpc) is 2.74. The van der Waals surface area contributed by atoms with Gasteiger partial charge in [0.2, 0.25) is 0 Å². The van der Waals surface area contributed by atoms with Crippen LogP contribution in [-0.2, 0) is 9.59 Å². The second kappa shape index (κ2) is 10.6. The van der Waals surface area contributed by atoms with Crippen LogP contribution < -0.4 is 15.5 Å². The van der Waals surface area contributed by atoms with Gasteiger partial charge < -0.3 is 20.4 Å². The van der Waals surface area contributed by atoms with E-state index in [1.807, 2.05) is 46.1 Å². The maximum atomic E-state index is 12.6. The molecule has 0 aliphatic carbocycles. The van der Waals surface area contributed by atoms with E-state index in [9.17, 15) is 9.59 Å². The molecule has 2 amide bonds. The zero-order chi connectivity index (χ0) is 23.3. The molecule has 0 unspecified atom stereocenters. The molecule has 1 atom stereocenters. The molecule has 32 heavy (non-hydrogen) atoms. The van der Waals surface area contributed by atoms with Gasteiger partial charge in [-0.15, -0.1) is 0 Å². The highest BCUT2D eigenvalue weighted by Gasteiger charge is 2.25. The minimum Gasteiger partial charge on any atom is -0.378 e. The first-order chi connectivity index (χ1) is 15.2. The molecular formula is C25H35N5O2. The van der Waals surface area contributed by atoms with Crippen LogP contribution in [0.2, 0.25) is 0 Å². The van der Waals surface area contributed by atoms with E-state index in [2.05, 4.69) is 56.6 Å². The molecule has 0 spiro atoms. The number of aryl methyl sites for hydroxylation is 2. The van der Waals surface area contributed by atoms with Gasteiger partial charge in [-0.3, -0.25) is 14.5 Å². The molecular weight excluding hydrogens is 402 g/mol. The van der Waals surface area contributed by atoms with Gasteiger partial charge in [-0.05, 0) is 61.9 Å². The Balaban J connectivity index is 1.68. The van der Waals surface area contributed by atoms with Crippen LogP contribution in [0.25, 0.3) is 0 Å². The zero-order valence-corrected chi connectivity index (χ0v) is 19.8. The van der Waals surface area contributed by atoms with Crippen LogP contribution in [-0.4, -0.2) is 75.5 Å². The van der Waals surface area contributed by atoms with Crippen LogP contribution in [0.15, 0.2) is 42.5 Å². The second-order valence-corrected chi connectivity index (χ2v) is 8.88. The number of benzene rings is 2. The number of anilines is 2. The van der Waals surface area contributed by atoms with Crippen molar-refractivity contribution in [3.05, 3.63) is 59.2 Å². The Morgan fingerprint density at radius 3 is 2.09 bits per heavy atom. The Hall–Kier alpha value is -2.90. The number of carbonyl (C=O) groups is 2. The molecule has 1 heterocycles. The Kier molecular flexibility index (Phi) is 7.88. The second-order valence-electron chi connectivity index (χ2n) is 8.88. The molecule has 1 aliphatic rings. The molecule has 7 heteroatoms. The van der Waals surface area contributed by atoms with Crippen molar-refractivity contribution in [3.8, 4) is 0 Å². The van der Waals surface area contributed by atoms with Crippen molar-refractivity contribution >= 4 is 23.2 Å². The van der Waals surface area contributed by atoms with Gasteiger partial charge in [-0.1, -0.05) is 18.2 Å². The van der Waals surface area contributed by atoms with Gasteiger partial charge in [0, 0.05) is 58.2 Å². The lowest BCUT2D eigenvalue weighted by atomic mass is 10.0. The highest BCUT2D eigenvalue weighted by atomic mass is 16.2. The quantitative estimate of drug-likeness (QED) is 0.680. The first-order valence-corrected chi connectivity index (χ1v) is 11.1. The normalized spacial score (nSPS) is 15.8. The molecule has 1 aliphatic heterocycles. The average molecular weight is 438 g/mol. The maximum Gasteiger partial charge on any atom is 0.313 e. The lowest BCUT2D eigenvalue weighted by molar-refractivity contribution is -0.136. The molecule has 1 fully saturated rings. The Morgan fingerprint density at radius 1 is 0.938 bits per heavy atom. The van der Waals surface area contributed by atoms with Crippen LogP contribution in [0.3, 0.4) is 0 Å². The van der Waals surface area contributed by atoms with Gasteiger partial charge in [0.25, 0.3) is 0 Å². The number of amides is 2. The summed E-state index contributed by atoms with van der Waals surface area (Å²) >= 11 is 0. The van der Waals surface area contributed by atoms with Gasteiger partial charge in [-0.25, -0.2) is 0 Å². The van der Waals surface area contributed by atoms with Crippen molar-refractivity contribution in [2.24, 2.45) is 0 Å². The molecule has 172 valence electrons. The summed E-state index contributed by atoms with van der Waals surface area (Å²) in [6.45, 7) is 8.10. The van der Waals surface area contributed by atoms with E-state index in [1.165, 1.54) is 0 Å². The highest BCUT2D eigenvalue weighted by Crippen LogP contribution is 2.24. The zero-order valence-electron chi connectivity index (χ0n) is 19.8. The van der Waals surface area contributed by atoms with E-state index in [0.717, 1.165) is 48.6 Å². The fraction of sp³-hybridized carbons (Fsp3) is 0.440. The van der Waals surface area contributed by atoms with Gasteiger partial charge in [0.05, 0.1) is 6.04 Å². The molecule has 2 aromatic rings. The number of likely N-dealkylation sites (N-methyl/N-ethyl adjacent to an activating group) is 1. The van der Waals surface area contributed by atoms with Crippen LogP contribution in [0.4, 0.5) is 11.4 Å². The summed E-state index contributed by atoms with van der Waals surface area (Å²) in [5, 5.41) is 5.58. The highest BCUT2D eigenvalue weighted by molar-refractivity contribution is 6.39. The van der Waals surface area contributed by atoms with E-state index in [0.29, 0.717) is 12.2 Å². The number of nitrogens with zero attached hydrogens (tertiary/aromatic N) is 3.